The number of carbonyl (C=O) groups is 1. The number of hydrogen-bond acceptors (Lipinski definition) is 5. The van der Waals surface area contributed by atoms with Gasteiger partial charge in [0.05, 0.1) is 21.3 Å². The van der Waals surface area contributed by atoms with E-state index in [2.05, 4.69) is 10.3 Å². The van der Waals surface area contributed by atoms with E-state index in [0.29, 0.717) is 34.3 Å². The molecule has 0 bridgehead atoms. The molecule has 128 valence electrons. The van der Waals surface area contributed by atoms with Gasteiger partial charge in [-0.1, -0.05) is 30.3 Å². The fourth-order valence-electron chi connectivity index (χ4n) is 2.59. The van der Waals surface area contributed by atoms with Gasteiger partial charge in [-0.25, -0.2) is 4.99 Å². The molecule has 0 radical (unpaired) electrons. The van der Waals surface area contributed by atoms with Crippen molar-refractivity contribution in [2.75, 3.05) is 21.3 Å². The summed E-state index contributed by atoms with van der Waals surface area (Å²) in [5.74, 6) is 1.74. The van der Waals surface area contributed by atoms with Crippen molar-refractivity contribution in [3.05, 3.63) is 59.3 Å². The highest BCUT2D eigenvalue weighted by Gasteiger charge is 2.22. The Bertz CT molecular complexity index is 857. The number of aliphatic imine (C=N–C) groups is 1. The third-order valence-electron chi connectivity index (χ3n) is 3.77. The summed E-state index contributed by atoms with van der Waals surface area (Å²) in [6.45, 7) is 0. The minimum Gasteiger partial charge on any atom is -0.493 e. The summed E-state index contributed by atoms with van der Waals surface area (Å²) in [5.41, 5.74) is 1.81. The predicted octanol–water partition coefficient (Wildman–Crippen LogP) is 2.63. The average Bonchev–Trinajstić information content (AvgIpc) is 3.02. The summed E-state index contributed by atoms with van der Waals surface area (Å²) in [6, 6.07) is 13.0. The fraction of sp³-hybridized carbons (Fsp3) is 0.158. The Kier molecular flexibility index (Phi) is 4.70. The van der Waals surface area contributed by atoms with E-state index in [1.807, 2.05) is 30.3 Å². The monoisotopic (exact) mass is 338 g/mol. The van der Waals surface area contributed by atoms with Crippen LogP contribution in [-0.4, -0.2) is 33.1 Å². The van der Waals surface area contributed by atoms with Crippen LogP contribution in [0.25, 0.3) is 6.08 Å². The first-order valence-electron chi connectivity index (χ1n) is 7.64. The summed E-state index contributed by atoms with van der Waals surface area (Å²) in [5, 5.41) is 2.78. The van der Waals surface area contributed by atoms with Gasteiger partial charge in [0.15, 0.2) is 11.5 Å². The van der Waals surface area contributed by atoms with Gasteiger partial charge in [0.2, 0.25) is 5.75 Å². The molecule has 0 aliphatic carbocycles. The molecule has 6 heteroatoms. The van der Waals surface area contributed by atoms with Crippen molar-refractivity contribution in [2.45, 2.75) is 0 Å². The van der Waals surface area contributed by atoms with Crippen LogP contribution in [0.15, 0.2) is 53.2 Å². The van der Waals surface area contributed by atoms with E-state index in [1.165, 1.54) is 14.2 Å². The lowest BCUT2D eigenvalue weighted by atomic mass is 10.1. The normalized spacial score (nSPS) is 14.9. The Labute approximate surface area is 145 Å². The summed E-state index contributed by atoms with van der Waals surface area (Å²) >= 11 is 0. The van der Waals surface area contributed by atoms with Crippen LogP contribution in [0.2, 0.25) is 0 Å². The molecule has 0 spiro atoms. The molecular formula is C19H18N2O4. The number of hydrogen-bond donors (Lipinski definition) is 1. The van der Waals surface area contributed by atoms with Crippen molar-refractivity contribution in [3.63, 3.8) is 0 Å². The first kappa shape index (κ1) is 16.6. The molecule has 1 amide bonds. The molecule has 0 unspecified atom stereocenters. The molecule has 0 saturated carbocycles. The van der Waals surface area contributed by atoms with Crippen molar-refractivity contribution >= 4 is 17.8 Å². The standard InChI is InChI=1S/C19H18N2O4/c1-23-15-10-9-13(16(24-2)17(15)25-3)11-14-19(22)21-18(20-14)12-7-5-4-6-8-12/h4-11H,1-3H3,(H,20,21,22)/b14-11+. The van der Waals surface area contributed by atoms with E-state index in [0.717, 1.165) is 5.56 Å². The second kappa shape index (κ2) is 7.09. The van der Waals surface area contributed by atoms with Crippen LogP contribution in [-0.2, 0) is 4.79 Å². The number of nitrogens with one attached hydrogen (secondary N) is 1. The van der Waals surface area contributed by atoms with E-state index in [1.54, 1.807) is 25.3 Å². The highest BCUT2D eigenvalue weighted by molar-refractivity contribution is 6.19. The molecular weight excluding hydrogens is 320 g/mol. The van der Waals surface area contributed by atoms with Crippen LogP contribution >= 0.6 is 0 Å². The number of methoxy groups -OCH3 is 3. The van der Waals surface area contributed by atoms with Crippen molar-refractivity contribution in [1.29, 1.82) is 0 Å². The molecule has 1 N–H and O–H groups in total. The predicted molar refractivity (Wildman–Crippen MR) is 95.2 cm³/mol. The maximum Gasteiger partial charge on any atom is 0.275 e. The summed E-state index contributed by atoms with van der Waals surface area (Å²) in [7, 11) is 4.62. The Balaban J connectivity index is 2.03. The number of carbonyl (C=O) groups excluding carboxylic acids is 1. The quantitative estimate of drug-likeness (QED) is 0.851. The van der Waals surface area contributed by atoms with Crippen molar-refractivity contribution < 1.29 is 19.0 Å². The first-order chi connectivity index (χ1) is 12.2. The minimum atomic E-state index is -0.268. The van der Waals surface area contributed by atoms with Gasteiger partial charge >= 0.3 is 0 Å². The summed E-state index contributed by atoms with van der Waals surface area (Å²) in [6.07, 6.45) is 1.66. The zero-order valence-corrected chi connectivity index (χ0v) is 14.2. The third kappa shape index (κ3) is 3.19. The van der Waals surface area contributed by atoms with Gasteiger partial charge in [-0.05, 0) is 18.2 Å². The Morgan fingerprint density at radius 3 is 2.28 bits per heavy atom. The highest BCUT2D eigenvalue weighted by atomic mass is 16.5. The third-order valence-corrected chi connectivity index (χ3v) is 3.77. The van der Waals surface area contributed by atoms with E-state index in [-0.39, 0.29) is 5.91 Å². The topological polar surface area (TPSA) is 69.2 Å². The maximum atomic E-state index is 12.2. The molecule has 6 nitrogen and oxygen atoms in total. The molecule has 0 fully saturated rings. The van der Waals surface area contributed by atoms with Gasteiger partial charge in [0.25, 0.3) is 5.91 Å². The zero-order chi connectivity index (χ0) is 17.8. The lowest BCUT2D eigenvalue weighted by Gasteiger charge is -2.14. The molecule has 3 rings (SSSR count). The van der Waals surface area contributed by atoms with Gasteiger partial charge in [-0.15, -0.1) is 0 Å². The van der Waals surface area contributed by atoms with Crippen molar-refractivity contribution in [1.82, 2.24) is 5.32 Å². The molecule has 0 atom stereocenters. The van der Waals surface area contributed by atoms with Crippen molar-refractivity contribution in [3.8, 4) is 17.2 Å². The summed E-state index contributed by atoms with van der Waals surface area (Å²) in [4.78, 5) is 16.6. The number of amidine groups is 1. The number of benzene rings is 2. The van der Waals surface area contributed by atoms with Crippen LogP contribution in [0.1, 0.15) is 11.1 Å². The van der Waals surface area contributed by atoms with E-state index in [4.69, 9.17) is 14.2 Å². The Hall–Kier alpha value is -3.28. The minimum absolute atomic E-state index is 0.268. The molecule has 2 aromatic carbocycles. The van der Waals surface area contributed by atoms with Crippen LogP contribution in [0.5, 0.6) is 17.2 Å². The fourth-order valence-corrected chi connectivity index (χ4v) is 2.59. The zero-order valence-electron chi connectivity index (χ0n) is 14.2. The van der Waals surface area contributed by atoms with E-state index in [9.17, 15) is 4.79 Å². The lowest BCUT2D eigenvalue weighted by molar-refractivity contribution is -0.115. The Morgan fingerprint density at radius 1 is 0.920 bits per heavy atom. The Morgan fingerprint density at radius 2 is 1.64 bits per heavy atom. The van der Waals surface area contributed by atoms with Crippen molar-refractivity contribution in [2.24, 2.45) is 4.99 Å². The van der Waals surface area contributed by atoms with Gasteiger partial charge in [-0.2, -0.15) is 0 Å². The molecule has 1 aliphatic rings. The first-order valence-corrected chi connectivity index (χ1v) is 7.64. The smallest absolute Gasteiger partial charge is 0.275 e. The van der Waals surface area contributed by atoms with Gasteiger partial charge < -0.3 is 19.5 Å². The van der Waals surface area contributed by atoms with Gasteiger partial charge in [-0.3, -0.25) is 4.79 Å². The second-order valence-electron chi connectivity index (χ2n) is 5.23. The average molecular weight is 338 g/mol. The highest BCUT2D eigenvalue weighted by Crippen LogP contribution is 2.40. The molecule has 1 heterocycles. The van der Waals surface area contributed by atoms with Gasteiger partial charge in [0.1, 0.15) is 11.5 Å². The summed E-state index contributed by atoms with van der Waals surface area (Å²) < 4.78 is 16.1. The van der Waals surface area contributed by atoms with Crippen LogP contribution < -0.4 is 19.5 Å². The second-order valence-corrected chi connectivity index (χ2v) is 5.23. The maximum absolute atomic E-state index is 12.2. The lowest BCUT2D eigenvalue weighted by Crippen LogP contribution is -2.24. The number of ether oxygens (including phenoxy) is 3. The van der Waals surface area contributed by atoms with E-state index >= 15 is 0 Å². The van der Waals surface area contributed by atoms with Crippen LogP contribution in [0.3, 0.4) is 0 Å². The number of nitrogens with zero attached hydrogens (tertiary/aromatic N) is 1. The van der Waals surface area contributed by atoms with Crippen LogP contribution in [0, 0.1) is 0 Å². The molecule has 1 aliphatic heterocycles. The number of rotatable bonds is 5. The molecule has 0 aromatic heterocycles. The van der Waals surface area contributed by atoms with Gasteiger partial charge in [0, 0.05) is 11.1 Å². The van der Waals surface area contributed by atoms with E-state index < -0.39 is 0 Å². The number of amides is 1. The largest absolute Gasteiger partial charge is 0.493 e. The molecule has 0 saturated heterocycles. The molecule has 25 heavy (non-hydrogen) atoms. The SMILES string of the molecule is COc1ccc(/C=C2/N=C(c3ccccc3)NC2=O)c(OC)c1OC. The van der Waals surface area contributed by atoms with Crippen LogP contribution in [0.4, 0.5) is 0 Å². The molecule has 2 aromatic rings.